The molecule has 3 aromatic rings. The van der Waals surface area contributed by atoms with Crippen LogP contribution in [-0.2, 0) is 21.7 Å². The number of rotatable bonds is 8. The lowest BCUT2D eigenvalue weighted by molar-refractivity contribution is -0.274. The van der Waals surface area contributed by atoms with Crippen LogP contribution in [-0.4, -0.2) is 36.4 Å². The fraction of sp³-hybridized carbons (Fsp3) is 0.231. The van der Waals surface area contributed by atoms with E-state index < -0.39 is 35.4 Å². The number of amides is 1. The molecule has 2 atom stereocenters. The number of nitrogens with one attached hydrogen (secondary N) is 1. The van der Waals surface area contributed by atoms with Gasteiger partial charge in [0.1, 0.15) is 17.6 Å². The van der Waals surface area contributed by atoms with Gasteiger partial charge in [0, 0.05) is 11.3 Å². The van der Waals surface area contributed by atoms with Crippen LogP contribution in [0.25, 0.3) is 0 Å². The fourth-order valence-electron chi connectivity index (χ4n) is 4.28. The second kappa shape index (κ2) is 9.54. The number of halogens is 3. The molecular formula is C26H23F3N2O5. The molecule has 188 valence electrons. The maximum atomic E-state index is 14.0. The quantitative estimate of drug-likeness (QED) is 0.477. The van der Waals surface area contributed by atoms with Crippen LogP contribution >= 0.6 is 0 Å². The number of aliphatic hydroxyl groups is 1. The summed E-state index contributed by atoms with van der Waals surface area (Å²) in [5.74, 6) is -1.53. The number of benzene rings is 3. The number of ketones is 1. The number of carbonyl (C=O) groups is 2. The number of hydrogen-bond donors (Lipinski definition) is 2. The molecule has 0 aliphatic carbocycles. The Morgan fingerprint density at radius 3 is 2.28 bits per heavy atom. The van der Waals surface area contributed by atoms with Crippen molar-refractivity contribution in [1.82, 2.24) is 0 Å². The zero-order chi connectivity index (χ0) is 26.1. The van der Waals surface area contributed by atoms with Crippen molar-refractivity contribution in [1.29, 1.82) is 0 Å². The summed E-state index contributed by atoms with van der Waals surface area (Å²) in [6.07, 6.45) is -6.90. The Labute approximate surface area is 205 Å². The van der Waals surface area contributed by atoms with Crippen molar-refractivity contribution in [3.8, 4) is 11.5 Å². The first kappa shape index (κ1) is 25.1. The molecule has 1 heterocycles. The number of anilines is 2. The molecule has 10 heteroatoms. The summed E-state index contributed by atoms with van der Waals surface area (Å²) in [7, 11) is 1.48. The van der Waals surface area contributed by atoms with E-state index >= 15 is 0 Å². The van der Waals surface area contributed by atoms with Gasteiger partial charge < -0.3 is 24.8 Å². The van der Waals surface area contributed by atoms with Crippen LogP contribution in [0.4, 0.5) is 24.5 Å². The molecule has 0 unspecified atom stereocenters. The molecule has 0 bridgehead atoms. The number of ether oxygens (including phenoxy) is 2. The fourth-order valence-corrected chi connectivity index (χ4v) is 4.28. The molecule has 1 aliphatic rings. The lowest BCUT2D eigenvalue weighted by atomic mass is 9.83. The van der Waals surface area contributed by atoms with E-state index in [9.17, 15) is 27.9 Å². The average molecular weight is 500 g/mol. The van der Waals surface area contributed by atoms with Gasteiger partial charge >= 0.3 is 6.36 Å². The summed E-state index contributed by atoms with van der Waals surface area (Å²) < 4.78 is 48.2. The normalized spacial score (nSPS) is 17.9. The van der Waals surface area contributed by atoms with Crippen molar-refractivity contribution in [3.63, 3.8) is 0 Å². The van der Waals surface area contributed by atoms with Crippen molar-refractivity contribution in [3.05, 3.63) is 83.9 Å². The van der Waals surface area contributed by atoms with Gasteiger partial charge in [-0.25, -0.2) is 0 Å². The Balaban J connectivity index is 1.89. The molecule has 7 nitrogen and oxygen atoms in total. The van der Waals surface area contributed by atoms with Crippen LogP contribution < -0.4 is 19.7 Å². The summed E-state index contributed by atoms with van der Waals surface area (Å²) in [5.41, 5.74) is -0.831. The van der Waals surface area contributed by atoms with Gasteiger partial charge in [0.05, 0.1) is 19.3 Å². The van der Waals surface area contributed by atoms with E-state index in [1.165, 1.54) is 18.1 Å². The molecule has 2 N–H and O–H groups in total. The van der Waals surface area contributed by atoms with Crippen LogP contribution in [0.5, 0.6) is 11.5 Å². The van der Waals surface area contributed by atoms with Crippen molar-refractivity contribution >= 4 is 23.1 Å². The molecule has 36 heavy (non-hydrogen) atoms. The van der Waals surface area contributed by atoms with E-state index in [-0.39, 0.29) is 17.8 Å². The number of aliphatic hydroxyl groups excluding tert-OH is 1. The first-order chi connectivity index (χ1) is 17.0. The monoisotopic (exact) mass is 500 g/mol. The largest absolute Gasteiger partial charge is 0.573 e. The van der Waals surface area contributed by atoms with Crippen molar-refractivity contribution in [2.24, 2.45) is 0 Å². The smallest absolute Gasteiger partial charge is 0.497 e. The highest BCUT2D eigenvalue weighted by molar-refractivity contribution is 6.12. The van der Waals surface area contributed by atoms with Crippen LogP contribution in [0.2, 0.25) is 0 Å². The molecule has 1 aliphatic heterocycles. The minimum absolute atomic E-state index is 0.0244. The lowest BCUT2D eigenvalue weighted by Gasteiger charge is -2.34. The number of Topliss-reactive ketones (excluding diaryl/α,β-unsaturated/α-hetero) is 1. The molecule has 0 fully saturated rings. The van der Waals surface area contributed by atoms with E-state index in [2.05, 4.69) is 10.1 Å². The highest BCUT2D eigenvalue weighted by atomic mass is 19.4. The van der Waals surface area contributed by atoms with Crippen molar-refractivity contribution < 1.29 is 37.3 Å². The Hall–Kier alpha value is -4.05. The van der Waals surface area contributed by atoms with Crippen LogP contribution in [0.3, 0.4) is 0 Å². The highest BCUT2D eigenvalue weighted by Gasteiger charge is 2.57. The first-order valence-electron chi connectivity index (χ1n) is 10.9. The molecule has 0 radical (unpaired) electrons. The zero-order valence-corrected chi connectivity index (χ0v) is 19.4. The van der Waals surface area contributed by atoms with Crippen LogP contribution in [0, 0.1) is 0 Å². The third-order valence-electron chi connectivity index (χ3n) is 5.91. The SMILES string of the molecule is COc1ccc(N[C@@]2([C@@H](O)C(C)=O)C(=O)N(Cc3ccccc3)c3ccc(OC(F)(F)F)cc32)cc1. The van der Waals surface area contributed by atoms with Crippen molar-refractivity contribution in [2.75, 3.05) is 17.3 Å². The van der Waals surface area contributed by atoms with E-state index in [4.69, 9.17) is 4.74 Å². The summed E-state index contributed by atoms with van der Waals surface area (Å²) in [6.45, 7) is 1.16. The van der Waals surface area contributed by atoms with Crippen molar-refractivity contribution in [2.45, 2.75) is 31.5 Å². The number of nitrogens with zero attached hydrogens (tertiary/aromatic N) is 1. The molecule has 4 rings (SSSR count). The third kappa shape index (κ3) is 4.72. The Morgan fingerprint density at radius 2 is 1.69 bits per heavy atom. The predicted octanol–water partition coefficient (Wildman–Crippen LogP) is 4.40. The van der Waals surface area contributed by atoms with Crippen LogP contribution in [0.1, 0.15) is 18.1 Å². The first-order valence-corrected chi connectivity index (χ1v) is 10.9. The maximum Gasteiger partial charge on any atom is 0.573 e. The van der Waals surface area contributed by atoms with Gasteiger partial charge in [-0.15, -0.1) is 13.2 Å². The summed E-state index contributed by atoms with van der Waals surface area (Å²) in [6, 6.07) is 18.7. The number of hydrogen-bond acceptors (Lipinski definition) is 6. The van der Waals surface area contributed by atoms with E-state index in [1.807, 2.05) is 0 Å². The van der Waals surface area contributed by atoms with Gasteiger partial charge in [-0.3, -0.25) is 9.59 Å². The summed E-state index contributed by atoms with van der Waals surface area (Å²) in [5, 5.41) is 14.1. The molecule has 3 aromatic carbocycles. The maximum absolute atomic E-state index is 14.0. The molecule has 0 aromatic heterocycles. The Bertz CT molecular complexity index is 1260. The summed E-state index contributed by atoms with van der Waals surface area (Å²) in [4.78, 5) is 27.8. The standard InChI is InChI=1S/C26H23F3N2O5/c1-16(32)23(33)25(30-18-8-10-19(35-2)11-9-18)21-14-20(36-26(27,28)29)12-13-22(21)31(24(25)34)15-17-6-4-3-5-7-17/h3-14,23,30,33H,15H2,1-2H3/t23-,25-/m0/s1. The van der Waals surface area contributed by atoms with Crippen LogP contribution in [0.15, 0.2) is 72.8 Å². The van der Waals surface area contributed by atoms with E-state index in [1.54, 1.807) is 54.6 Å². The highest BCUT2D eigenvalue weighted by Crippen LogP contribution is 2.47. The summed E-state index contributed by atoms with van der Waals surface area (Å²) >= 11 is 0. The van der Waals surface area contributed by atoms with Gasteiger partial charge in [-0.1, -0.05) is 30.3 Å². The van der Waals surface area contributed by atoms with Gasteiger partial charge in [-0.2, -0.15) is 0 Å². The van der Waals surface area contributed by atoms with Gasteiger partial charge in [0.2, 0.25) is 0 Å². The topological polar surface area (TPSA) is 88.1 Å². The third-order valence-corrected chi connectivity index (χ3v) is 5.91. The van der Waals surface area contributed by atoms with E-state index in [0.29, 0.717) is 11.4 Å². The predicted molar refractivity (Wildman–Crippen MR) is 126 cm³/mol. The lowest BCUT2D eigenvalue weighted by Crippen LogP contribution is -2.56. The number of carbonyl (C=O) groups excluding carboxylic acids is 2. The number of alkyl halides is 3. The molecular weight excluding hydrogens is 477 g/mol. The minimum atomic E-state index is -4.98. The second-order valence-corrected chi connectivity index (χ2v) is 8.28. The van der Waals surface area contributed by atoms with Gasteiger partial charge in [0.25, 0.3) is 5.91 Å². The zero-order valence-electron chi connectivity index (χ0n) is 19.4. The Morgan fingerprint density at radius 1 is 1.06 bits per heavy atom. The average Bonchev–Trinajstić information content (AvgIpc) is 3.06. The van der Waals surface area contributed by atoms with Gasteiger partial charge in [0.15, 0.2) is 11.3 Å². The number of fused-ring (bicyclic) bond motifs is 1. The van der Waals surface area contributed by atoms with E-state index in [0.717, 1.165) is 24.6 Å². The Kier molecular flexibility index (Phi) is 6.64. The molecule has 0 saturated heterocycles. The number of methoxy groups -OCH3 is 1. The minimum Gasteiger partial charge on any atom is -0.497 e. The molecule has 0 spiro atoms. The van der Waals surface area contributed by atoms with Gasteiger partial charge in [-0.05, 0) is 55.0 Å². The molecule has 1 amide bonds. The molecule has 0 saturated carbocycles. The second-order valence-electron chi connectivity index (χ2n) is 8.28.